The van der Waals surface area contributed by atoms with Crippen LogP contribution in [0.2, 0.25) is 5.15 Å². The number of hydrogen-bond donors (Lipinski definition) is 1. The molecule has 0 amide bonds. The zero-order valence-corrected chi connectivity index (χ0v) is 16.1. The number of halogens is 1. The van der Waals surface area contributed by atoms with Crippen LogP contribution in [0.3, 0.4) is 0 Å². The minimum absolute atomic E-state index is 0. The second kappa shape index (κ2) is 8.55. The number of allylic oxidation sites excluding steroid dienone is 1. The van der Waals surface area contributed by atoms with E-state index in [9.17, 15) is 0 Å². The number of fused-ring (bicyclic) bond motifs is 2. The fourth-order valence-electron chi connectivity index (χ4n) is 3.32. The van der Waals surface area contributed by atoms with Crippen molar-refractivity contribution < 1.29 is 0 Å². The van der Waals surface area contributed by atoms with E-state index in [1.54, 1.807) is 0 Å². The van der Waals surface area contributed by atoms with Gasteiger partial charge >= 0.3 is 0 Å². The predicted molar refractivity (Wildman–Crippen MR) is 115 cm³/mol. The number of aromatic amines is 1. The first-order chi connectivity index (χ1) is 12.0. The van der Waals surface area contributed by atoms with Gasteiger partial charge in [0.15, 0.2) is 0 Å². The van der Waals surface area contributed by atoms with Crippen LogP contribution in [0.5, 0.6) is 0 Å². The van der Waals surface area contributed by atoms with Gasteiger partial charge in [0.2, 0.25) is 0 Å². The summed E-state index contributed by atoms with van der Waals surface area (Å²) in [6.07, 6.45) is 7.21. The molecule has 1 N–H and O–H groups in total. The summed E-state index contributed by atoms with van der Waals surface area (Å²) in [5.41, 5.74) is 6.37. The molecule has 0 atom stereocenters. The normalized spacial score (nSPS) is 12.1. The molecule has 0 bridgehead atoms. The lowest BCUT2D eigenvalue weighted by molar-refractivity contribution is 0.856. The molecule has 1 aliphatic rings. The minimum Gasteiger partial charge on any atom is -0.361 e. The van der Waals surface area contributed by atoms with Gasteiger partial charge in [0.05, 0.1) is 5.69 Å². The van der Waals surface area contributed by atoms with Crippen LogP contribution >= 0.6 is 11.6 Å². The van der Waals surface area contributed by atoms with Crippen molar-refractivity contribution in [3.63, 3.8) is 0 Å². The monoisotopic (exact) mass is 368 g/mol. The summed E-state index contributed by atoms with van der Waals surface area (Å²) in [5, 5.41) is 1.97. The van der Waals surface area contributed by atoms with Crippen molar-refractivity contribution in [2.75, 3.05) is 0 Å². The zero-order valence-electron chi connectivity index (χ0n) is 15.3. The van der Waals surface area contributed by atoms with Crippen LogP contribution in [0.1, 0.15) is 69.3 Å². The summed E-state index contributed by atoms with van der Waals surface area (Å²) in [5.74, 6) is 1.11. The lowest BCUT2D eigenvalue weighted by atomic mass is 9.98. The predicted octanol–water partition coefficient (Wildman–Crippen LogP) is 7.36. The zero-order chi connectivity index (χ0) is 18.0. The van der Waals surface area contributed by atoms with Crippen LogP contribution in [0.4, 0.5) is 0 Å². The van der Waals surface area contributed by atoms with Gasteiger partial charge in [-0.25, -0.2) is 4.98 Å². The van der Waals surface area contributed by atoms with Gasteiger partial charge < -0.3 is 4.98 Å². The standard InChI is InChI=1S/C11H12ClN.C11H13N.CH4/c1-7(2)9-6-11(12)13-10-5-3-4-8(9)10;1-8(2)9-4-3-5-11-10(9)6-7-12-11;/h3-4,6-7H,5H2,1-2H3;3-8,12H,1-2H3;1H4. The molecule has 3 aromatic rings. The van der Waals surface area contributed by atoms with E-state index in [1.807, 2.05) is 12.3 Å². The number of nitrogens with zero attached hydrogens (tertiary/aromatic N) is 1. The second-order valence-corrected chi connectivity index (χ2v) is 7.48. The van der Waals surface area contributed by atoms with Crippen molar-refractivity contribution >= 4 is 28.6 Å². The number of nitrogens with one attached hydrogen (secondary N) is 1. The van der Waals surface area contributed by atoms with Gasteiger partial charge in [-0.2, -0.15) is 0 Å². The molecule has 0 unspecified atom stereocenters. The highest BCUT2D eigenvalue weighted by molar-refractivity contribution is 6.29. The summed E-state index contributed by atoms with van der Waals surface area (Å²) in [6, 6.07) is 10.5. The number of rotatable bonds is 2. The van der Waals surface area contributed by atoms with Crippen LogP contribution in [0.15, 0.2) is 42.6 Å². The Hall–Kier alpha value is -2.06. The van der Waals surface area contributed by atoms with Gasteiger partial charge in [-0.15, -0.1) is 0 Å². The van der Waals surface area contributed by atoms with Crippen molar-refractivity contribution in [2.24, 2.45) is 0 Å². The summed E-state index contributed by atoms with van der Waals surface area (Å²) >= 11 is 5.93. The maximum Gasteiger partial charge on any atom is 0.129 e. The van der Waals surface area contributed by atoms with Crippen LogP contribution in [-0.4, -0.2) is 9.97 Å². The van der Waals surface area contributed by atoms with Crippen molar-refractivity contribution in [1.82, 2.24) is 9.97 Å². The van der Waals surface area contributed by atoms with E-state index in [2.05, 4.69) is 74.1 Å². The summed E-state index contributed by atoms with van der Waals surface area (Å²) in [7, 11) is 0. The van der Waals surface area contributed by atoms with E-state index < -0.39 is 0 Å². The Balaban J connectivity index is 0.000000180. The largest absolute Gasteiger partial charge is 0.361 e. The molecule has 1 aromatic carbocycles. The SMILES string of the molecule is C.CC(C)c1cc(Cl)nc2c1C=CC2.CC(C)c1cccc2[nH]ccc12. The van der Waals surface area contributed by atoms with Crippen molar-refractivity contribution in [3.8, 4) is 0 Å². The number of aromatic nitrogens is 2. The van der Waals surface area contributed by atoms with E-state index in [-0.39, 0.29) is 7.43 Å². The third-order valence-corrected chi connectivity index (χ3v) is 4.80. The fourth-order valence-corrected chi connectivity index (χ4v) is 3.54. The Bertz CT molecular complexity index is 904. The quantitative estimate of drug-likeness (QED) is 0.470. The molecule has 2 nitrogen and oxygen atoms in total. The highest BCUT2D eigenvalue weighted by Gasteiger charge is 2.14. The Morgan fingerprint density at radius 3 is 2.46 bits per heavy atom. The molecule has 2 heterocycles. The van der Waals surface area contributed by atoms with E-state index in [0.29, 0.717) is 17.0 Å². The van der Waals surface area contributed by atoms with Crippen LogP contribution < -0.4 is 0 Å². The van der Waals surface area contributed by atoms with Gasteiger partial charge in [-0.3, -0.25) is 0 Å². The number of H-pyrrole nitrogens is 1. The average Bonchev–Trinajstić information content (AvgIpc) is 3.22. The summed E-state index contributed by atoms with van der Waals surface area (Å²) in [6.45, 7) is 8.81. The molecule has 0 spiro atoms. The lowest BCUT2D eigenvalue weighted by Gasteiger charge is -2.10. The molecule has 0 radical (unpaired) electrons. The van der Waals surface area contributed by atoms with Crippen molar-refractivity contribution in [3.05, 3.63) is 70.1 Å². The van der Waals surface area contributed by atoms with E-state index in [4.69, 9.17) is 11.6 Å². The first kappa shape index (κ1) is 20.3. The molecule has 0 aliphatic heterocycles. The Morgan fingerprint density at radius 1 is 1.04 bits per heavy atom. The molecule has 4 rings (SSSR count). The van der Waals surface area contributed by atoms with Crippen molar-refractivity contribution in [2.45, 2.75) is 53.4 Å². The minimum atomic E-state index is 0. The topological polar surface area (TPSA) is 28.7 Å². The first-order valence-electron chi connectivity index (χ1n) is 8.89. The highest BCUT2D eigenvalue weighted by Crippen LogP contribution is 2.29. The molecule has 1 aliphatic carbocycles. The second-order valence-electron chi connectivity index (χ2n) is 7.10. The van der Waals surface area contributed by atoms with Gasteiger partial charge in [0, 0.05) is 23.5 Å². The molecule has 3 heteroatoms. The molecule has 138 valence electrons. The van der Waals surface area contributed by atoms with E-state index in [0.717, 1.165) is 12.1 Å². The average molecular weight is 369 g/mol. The fraction of sp³-hybridized carbons (Fsp3) is 0.348. The molecule has 0 saturated carbocycles. The molecule has 2 aromatic heterocycles. The Kier molecular flexibility index (Phi) is 6.66. The summed E-state index contributed by atoms with van der Waals surface area (Å²) in [4.78, 5) is 7.51. The molecular weight excluding hydrogens is 340 g/mol. The van der Waals surface area contributed by atoms with Gasteiger partial charge in [0.1, 0.15) is 5.15 Å². The van der Waals surface area contributed by atoms with Crippen LogP contribution in [-0.2, 0) is 6.42 Å². The van der Waals surface area contributed by atoms with E-state index in [1.165, 1.54) is 27.6 Å². The Morgan fingerprint density at radius 2 is 1.77 bits per heavy atom. The van der Waals surface area contributed by atoms with Crippen LogP contribution in [0.25, 0.3) is 17.0 Å². The number of benzene rings is 1. The van der Waals surface area contributed by atoms with Gasteiger partial charge in [-0.1, -0.05) is 71.0 Å². The molecule has 26 heavy (non-hydrogen) atoms. The molecule has 0 fully saturated rings. The molecule has 0 saturated heterocycles. The summed E-state index contributed by atoms with van der Waals surface area (Å²) < 4.78 is 0. The maximum atomic E-state index is 5.93. The maximum absolute atomic E-state index is 5.93. The van der Waals surface area contributed by atoms with Gasteiger partial charge in [-0.05, 0) is 46.7 Å². The van der Waals surface area contributed by atoms with Crippen molar-refractivity contribution in [1.29, 1.82) is 0 Å². The van der Waals surface area contributed by atoms with Crippen LogP contribution in [0, 0.1) is 0 Å². The van der Waals surface area contributed by atoms with E-state index >= 15 is 0 Å². The van der Waals surface area contributed by atoms with Gasteiger partial charge in [0.25, 0.3) is 0 Å². The number of hydrogen-bond acceptors (Lipinski definition) is 1. The number of pyridine rings is 1. The highest BCUT2D eigenvalue weighted by atomic mass is 35.5. The molecular formula is C23H29ClN2. The third kappa shape index (κ3) is 4.19. The smallest absolute Gasteiger partial charge is 0.129 e. The Labute approximate surface area is 162 Å². The lowest BCUT2D eigenvalue weighted by Crippen LogP contribution is -1.97. The first-order valence-corrected chi connectivity index (χ1v) is 9.27. The third-order valence-electron chi connectivity index (χ3n) is 4.61.